The first-order chi connectivity index (χ1) is 20.4. The molecule has 3 aromatic heterocycles. The van der Waals surface area contributed by atoms with E-state index in [2.05, 4.69) is 20.8 Å². The van der Waals surface area contributed by atoms with Gasteiger partial charge in [-0.1, -0.05) is 17.8 Å². The van der Waals surface area contributed by atoms with E-state index in [1.54, 1.807) is 41.1 Å². The number of ether oxygens (including phenoxy) is 1. The van der Waals surface area contributed by atoms with Crippen LogP contribution in [0.3, 0.4) is 0 Å². The van der Waals surface area contributed by atoms with Gasteiger partial charge in [-0.25, -0.2) is 4.79 Å². The number of hydrogen-bond donors (Lipinski definition) is 2. The molecule has 1 aliphatic carbocycles. The molecule has 2 amide bonds. The fourth-order valence-corrected chi connectivity index (χ4v) is 7.22. The summed E-state index contributed by atoms with van der Waals surface area (Å²) in [5.74, 6) is -0.709. The van der Waals surface area contributed by atoms with E-state index in [0.29, 0.717) is 32.1 Å². The summed E-state index contributed by atoms with van der Waals surface area (Å²) in [6.07, 6.45) is 3.65. The van der Waals surface area contributed by atoms with Crippen LogP contribution >= 0.6 is 34.4 Å². The normalized spacial score (nSPS) is 12.4. The van der Waals surface area contributed by atoms with E-state index in [4.69, 9.17) is 4.74 Å². The van der Waals surface area contributed by atoms with Crippen molar-refractivity contribution in [1.82, 2.24) is 20.1 Å². The minimum Gasteiger partial charge on any atom is -0.462 e. The van der Waals surface area contributed by atoms with Gasteiger partial charge in [0.15, 0.2) is 11.0 Å². The second-order valence-corrected chi connectivity index (χ2v) is 12.1. The maximum Gasteiger partial charge on any atom is 0.341 e. The topological polar surface area (TPSA) is 158 Å². The molecular formula is C27H26N6O6S3. The van der Waals surface area contributed by atoms with Crippen molar-refractivity contribution >= 4 is 62.9 Å². The number of benzene rings is 1. The third-order valence-electron chi connectivity index (χ3n) is 6.41. The third-order valence-corrected chi connectivity index (χ3v) is 9.41. The number of rotatable bonds is 11. The summed E-state index contributed by atoms with van der Waals surface area (Å²) in [5, 5.41) is 28.0. The molecule has 3 heterocycles. The number of nitrogens with one attached hydrogen (secondary N) is 2. The number of hydrogen-bond acceptors (Lipinski definition) is 11. The molecule has 1 aromatic carbocycles. The Balaban J connectivity index is 1.35. The van der Waals surface area contributed by atoms with Gasteiger partial charge in [0.1, 0.15) is 5.00 Å². The van der Waals surface area contributed by atoms with Gasteiger partial charge in [-0.05, 0) is 61.7 Å². The van der Waals surface area contributed by atoms with Crippen molar-refractivity contribution < 1.29 is 24.0 Å². The molecule has 0 aliphatic heterocycles. The fourth-order valence-electron chi connectivity index (χ4n) is 4.51. The van der Waals surface area contributed by atoms with Crippen LogP contribution in [0.1, 0.15) is 56.1 Å². The molecule has 2 N–H and O–H groups in total. The SMILES string of the molecule is CCOC(=O)c1c(NC(=O)CSc2nnc(CNC(=O)c3cccs3)n2-c2ccc([N+](=O)[O-])cc2)sc2c1CCCC2. The smallest absolute Gasteiger partial charge is 0.341 e. The van der Waals surface area contributed by atoms with Crippen LogP contribution in [-0.4, -0.2) is 49.8 Å². The predicted molar refractivity (Wildman–Crippen MR) is 160 cm³/mol. The molecule has 0 radical (unpaired) electrons. The van der Waals surface area contributed by atoms with Crippen LogP contribution < -0.4 is 10.6 Å². The number of thiophene rings is 2. The van der Waals surface area contributed by atoms with Crippen molar-refractivity contribution in [3.8, 4) is 5.69 Å². The number of fused-ring (bicyclic) bond motifs is 1. The Morgan fingerprint density at radius 3 is 2.64 bits per heavy atom. The minimum atomic E-state index is -0.495. The van der Waals surface area contributed by atoms with E-state index >= 15 is 0 Å². The molecular weight excluding hydrogens is 601 g/mol. The summed E-state index contributed by atoms with van der Waals surface area (Å²) < 4.78 is 6.92. The number of esters is 1. The number of aryl methyl sites for hydroxylation is 1. The molecule has 218 valence electrons. The van der Waals surface area contributed by atoms with Crippen molar-refractivity contribution in [2.75, 3.05) is 17.7 Å². The van der Waals surface area contributed by atoms with Gasteiger partial charge in [-0.2, -0.15) is 0 Å². The molecule has 12 nitrogen and oxygen atoms in total. The van der Waals surface area contributed by atoms with Gasteiger partial charge >= 0.3 is 5.97 Å². The number of carbonyl (C=O) groups excluding carboxylic acids is 3. The Kier molecular flexibility index (Phi) is 9.29. The van der Waals surface area contributed by atoms with E-state index in [-0.39, 0.29) is 36.4 Å². The lowest BCUT2D eigenvalue weighted by molar-refractivity contribution is -0.384. The number of carbonyl (C=O) groups is 3. The summed E-state index contributed by atoms with van der Waals surface area (Å²) in [4.78, 5) is 50.7. The average Bonchev–Trinajstić information content (AvgIpc) is 3.74. The molecule has 0 saturated heterocycles. The van der Waals surface area contributed by atoms with E-state index in [1.165, 1.54) is 34.8 Å². The molecule has 4 aromatic rings. The number of amides is 2. The van der Waals surface area contributed by atoms with Crippen LogP contribution in [-0.2, 0) is 28.9 Å². The monoisotopic (exact) mass is 626 g/mol. The number of aromatic nitrogens is 3. The molecule has 0 unspecified atom stereocenters. The van der Waals surface area contributed by atoms with Crippen molar-refractivity contribution in [2.45, 2.75) is 44.3 Å². The van der Waals surface area contributed by atoms with Gasteiger partial charge in [-0.3, -0.25) is 24.3 Å². The number of thioether (sulfide) groups is 1. The van der Waals surface area contributed by atoms with Crippen molar-refractivity contribution in [3.63, 3.8) is 0 Å². The van der Waals surface area contributed by atoms with Crippen molar-refractivity contribution in [3.05, 3.63) is 78.6 Å². The van der Waals surface area contributed by atoms with E-state index in [9.17, 15) is 24.5 Å². The van der Waals surface area contributed by atoms with Gasteiger partial charge in [0, 0.05) is 22.7 Å². The standard InChI is InChI=1S/C27H26N6O6S3/c1-2-39-26(36)23-18-6-3-4-7-19(18)42-25(23)29-22(34)15-41-27-31-30-21(14-28-24(35)20-8-5-13-40-20)32(27)16-9-11-17(12-10-16)33(37)38/h5,8-13H,2-4,6-7,14-15H2,1H3,(H,28,35)(H,29,34). The van der Waals surface area contributed by atoms with E-state index in [0.717, 1.165) is 47.9 Å². The second-order valence-electron chi connectivity index (χ2n) is 9.14. The zero-order chi connectivity index (χ0) is 29.6. The maximum atomic E-state index is 13.1. The highest BCUT2D eigenvalue weighted by molar-refractivity contribution is 7.99. The Bertz CT molecular complexity index is 1610. The Morgan fingerprint density at radius 1 is 1.14 bits per heavy atom. The van der Waals surface area contributed by atoms with Crippen molar-refractivity contribution in [1.29, 1.82) is 0 Å². The Morgan fingerprint density at radius 2 is 1.93 bits per heavy atom. The van der Waals surface area contributed by atoms with Crippen molar-refractivity contribution in [2.24, 2.45) is 0 Å². The summed E-state index contributed by atoms with van der Waals surface area (Å²) >= 11 is 3.83. The highest BCUT2D eigenvalue weighted by atomic mass is 32.2. The van der Waals surface area contributed by atoms with Gasteiger partial charge in [0.05, 0.1) is 34.3 Å². The number of anilines is 1. The zero-order valence-corrected chi connectivity index (χ0v) is 24.9. The Labute approximate surface area is 252 Å². The van der Waals surface area contributed by atoms with Crippen LogP contribution in [0, 0.1) is 10.1 Å². The molecule has 0 fully saturated rings. The summed E-state index contributed by atoms with van der Waals surface area (Å²) in [6, 6.07) is 9.31. The van der Waals surface area contributed by atoms with E-state index in [1.807, 2.05) is 0 Å². The lowest BCUT2D eigenvalue weighted by Crippen LogP contribution is -2.24. The third kappa shape index (κ3) is 6.53. The summed E-state index contributed by atoms with van der Waals surface area (Å²) in [6.45, 7) is 2.02. The van der Waals surface area contributed by atoms with Gasteiger partial charge < -0.3 is 15.4 Å². The molecule has 0 bridgehead atoms. The van der Waals surface area contributed by atoms with Crippen LogP contribution in [0.5, 0.6) is 0 Å². The molecule has 42 heavy (non-hydrogen) atoms. The quantitative estimate of drug-likeness (QED) is 0.101. The predicted octanol–water partition coefficient (Wildman–Crippen LogP) is 5.01. The van der Waals surface area contributed by atoms with Gasteiger partial charge in [-0.15, -0.1) is 32.9 Å². The molecule has 1 aliphatic rings. The van der Waals surface area contributed by atoms with Crippen LogP contribution in [0.15, 0.2) is 46.9 Å². The molecule has 0 spiro atoms. The molecule has 15 heteroatoms. The number of nitro groups is 1. The van der Waals surface area contributed by atoms with Crippen LogP contribution in [0.2, 0.25) is 0 Å². The number of nitro benzene ring substituents is 1. The van der Waals surface area contributed by atoms with E-state index < -0.39 is 10.9 Å². The van der Waals surface area contributed by atoms with Crippen LogP contribution in [0.25, 0.3) is 5.69 Å². The highest BCUT2D eigenvalue weighted by Crippen LogP contribution is 2.39. The zero-order valence-electron chi connectivity index (χ0n) is 22.5. The largest absolute Gasteiger partial charge is 0.462 e. The highest BCUT2D eigenvalue weighted by Gasteiger charge is 2.27. The lowest BCUT2D eigenvalue weighted by atomic mass is 9.95. The average molecular weight is 627 g/mol. The fraction of sp³-hybridized carbons (Fsp3) is 0.296. The lowest BCUT2D eigenvalue weighted by Gasteiger charge is -2.12. The summed E-state index contributed by atoms with van der Waals surface area (Å²) in [7, 11) is 0. The number of non-ortho nitro benzene ring substituents is 1. The minimum absolute atomic E-state index is 0.0388. The van der Waals surface area contributed by atoms with Gasteiger partial charge in [0.25, 0.3) is 11.6 Å². The first-order valence-electron chi connectivity index (χ1n) is 13.1. The Hall–Kier alpha value is -4.08. The second kappa shape index (κ2) is 13.3. The first kappa shape index (κ1) is 29.4. The molecule has 5 rings (SSSR count). The molecule has 0 saturated carbocycles. The summed E-state index contributed by atoms with van der Waals surface area (Å²) in [5.41, 5.74) is 1.85. The number of nitrogens with zero attached hydrogens (tertiary/aromatic N) is 4. The van der Waals surface area contributed by atoms with Crippen LogP contribution in [0.4, 0.5) is 10.7 Å². The maximum absolute atomic E-state index is 13.1. The molecule has 0 atom stereocenters. The van der Waals surface area contributed by atoms with Gasteiger partial charge in [0.2, 0.25) is 5.91 Å². The first-order valence-corrected chi connectivity index (χ1v) is 15.8.